The van der Waals surface area contributed by atoms with Crippen molar-refractivity contribution in [2.45, 2.75) is 0 Å². The summed E-state index contributed by atoms with van der Waals surface area (Å²) in [5.74, 6) is -1.11. The molecule has 0 saturated heterocycles. The minimum Gasteiger partial charge on any atom is -0.396 e. The number of hydrogen-bond acceptors (Lipinski definition) is 3. The van der Waals surface area contributed by atoms with E-state index in [1.807, 2.05) is 14.1 Å². The number of nitrogen functional groups attached to an aromatic ring is 1. The number of hydrogen-bond donors (Lipinski definition) is 2. The van der Waals surface area contributed by atoms with Crippen molar-refractivity contribution >= 4 is 34.6 Å². The van der Waals surface area contributed by atoms with Gasteiger partial charge in [-0.1, -0.05) is 23.7 Å². The molecule has 0 unspecified atom stereocenters. The van der Waals surface area contributed by atoms with Crippen molar-refractivity contribution in [1.29, 1.82) is 0 Å². The van der Waals surface area contributed by atoms with Gasteiger partial charge >= 0.3 is 0 Å². The van der Waals surface area contributed by atoms with Crippen molar-refractivity contribution in [3.63, 3.8) is 0 Å². The minimum absolute atomic E-state index is 0.0830. The number of para-hydroxylation sites is 2. The van der Waals surface area contributed by atoms with Crippen LogP contribution in [0.1, 0.15) is 10.4 Å². The molecule has 0 aliphatic carbocycles. The van der Waals surface area contributed by atoms with E-state index in [4.69, 9.17) is 17.3 Å². The molecule has 0 bridgehead atoms. The SMILES string of the molecule is CN(C)c1c(Cl)cccc1NC(=O)c1cccc(F)c1N. The van der Waals surface area contributed by atoms with Gasteiger partial charge in [-0.25, -0.2) is 4.39 Å². The van der Waals surface area contributed by atoms with E-state index in [9.17, 15) is 9.18 Å². The highest BCUT2D eigenvalue weighted by Gasteiger charge is 2.16. The summed E-state index contributed by atoms with van der Waals surface area (Å²) in [4.78, 5) is 14.0. The van der Waals surface area contributed by atoms with Gasteiger partial charge in [0.05, 0.1) is 27.6 Å². The Morgan fingerprint density at radius 2 is 1.90 bits per heavy atom. The fraction of sp³-hybridized carbons (Fsp3) is 0.133. The monoisotopic (exact) mass is 307 g/mol. The van der Waals surface area contributed by atoms with Crippen LogP contribution in [-0.2, 0) is 0 Å². The van der Waals surface area contributed by atoms with Crippen molar-refractivity contribution in [2.24, 2.45) is 0 Å². The number of carbonyl (C=O) groups is 1. The first-order valence-electron chi connectivity index (χ1n) is 6.23. The second-order valence-corrected chi connectivity index (χ2v) is 5.09. The van der Waals surface area contributed by atoms with Crippen LogP contribution >= 0.6 is 11.6 Å². The van der Waals surface area contributed by atoms with Gasteiger partial charge in [0.25, 0.3) is 5.91 Å². The molecule has 0 fully saturated rings. The highest BCUT2D eigenvalue weighted by atomic mass is 35.5. The summed E-state index contributed by atoms with van der Waals surface area (Å²) in [5, 5.41) is 3.21. The lowest BCUT2D eigenvalue weighted by molar-refractivity contribution is 0.102. The van der Waals surface area contributed by atoms with Crippen LogP contribution in [-0.4, -0.2) is 20.0 Å². The fourth-order valence-corrected chi connectivity index (χ4v) is 2.34. The number of nitrogens with one attached hydrogen (secondary N) is 1. The maximum atomic E-state index is 13.4. The van der Waals surface area contributed by atoms with Crippen LogP contribution in [0.25, 0.3) is 0 Å². The molecule has 21 heavy (non-hydrogen) atoms. The molecule has 2 rings (SSSR count). The first-order chi connectivity index (χ1) is 9.91. The van der Waals surface area contributed by atoms with Gasteiger partial charge in [-0.2, -0.15) is 0 Å². The Morgan fingerprint density at radius 3 is 2.57 bits per heavy atom. The summed E-state index contributed by atoms with van der Waals surface area (Å²) in [6.07, 6.45) is 0. The Hall–Kier alpha value is -2.27. The smallest absolute Gasteiger partial charge is 0.257 e. The zero-order valence-electron chi connectivity index (χ0n) is 11.7. The number of anilines is 3. The Bertz CT molecular complexity index is 689. The second kappa shape index (κ2) is 6.01. The first-order valence-corrected chi connectivity index (χ1v) is 6.60. The van der Waals surface area contributed by atoms with Gasteiger partial charge in [0.15, 0.2) is 0 Å². The van der Waals surface area contributed by atoms with Gasteiger partial charge in [-0.3, -0.25) is 4.79 Å². The van der Waals surface area contributed by atoms with Crippen molar-refractivity contribution in [2.75, 3.05) is 30.0 Å². The molecule has 4 nitrogen and oxygen atoms in total. The second-order valence-electron chi connectivity index (χ2n) is 4.69. The Balaban J connectivity index is 2.37. The van der Waals surface area contributed by atoms with E-state index in [0.29, 0.717) is 16.4 Å². The molecule has 0 spiro atoms. The molecule has 2 aromatic rings. The number of carbonyl (C=O) groups excluding carboxylic acids is 1. The molecule has 110 valence electrons. The quantitative estimate of drug-likeness (QED) is 0.855. The fourth-order valence-electron chi connectivity index (χ4n) is 2.00. The molecule has 0 aliphatic heterocycles. The molecule has 0 heterocycles. The lowest BCUT2D eigenvalue weighted by Gasteiger charge is -2.19. The summed E-state index contributed by atoms with van der Waals surface area (Å²) >= 11 is 6.13. The molecule has 0 saturated carbocycles. The molecule has 6 heteroatoms. The maximum Gasteiger partial charge on any atom is 0.257 e. The van der Waals surface area contributed by atoms with Crippen LogP contribution in [0.15, 0.2) is 36.4 Å². The Kier molecular flexibility index (Phi) is 4.33. The number of nitrogens with zero attached hydrogens (tertiary/aromatic N) is 1. The van der Waals surface area contributed by atoms with Gasteiger partial charge in [-0.15, -0.1) is 0 Å². The Morgan fingerprint density at radius 1 is 1.24 bits per heavy atom. The van der Waals surface area contributed by atoms with Gasteiger partial charge in [0.1, 0.15) is 5.82 Å². The molecule has 1 amide bonds. The summed E-state index contributed by atoms with van der Waals surface area (Å²) in [6.45, 7) is 0. The largest absolute Gasteiger partial charge is 0.396 e. The van der Waals surface area contributed by atoms with E-state index in [-0.39, 0.29) is 11.3 Å². The third kappa shape index (κ3) is 3.08. The standard InChI is InChI=1S/C15H15ClFN3O/c1-20(2)14-10(16)6-4-8-12(14)19-15(21)9-5-3-7-11(17)13(9)18/h3-8H,18H2,1-2H3,(H,19,21). The molecular weight excluding hydrogens is 293 g/mol. The first kappa shape index (κ1) is 15.1. The lowest BCUT2D eigenvalue weighted by atomic mass is 10.1. The van der Waals surface area contributed by atoms with Crippen LogP contribution in [0.3, 0.4) is 0 Å². The number of nitrogens with two attached hydrogens (primary N) is 1. The predicted molar refractivity (Wildman–Crippen MR) is 84.5 cm³/mol. The zero-order chi connectivity index (χ0) is 15.6. The van der Waals surface area contributed by atoms with Crippen LogP contribution < -0.4 is 16.0 Å². The number of amides is 1. The number of benzene rings is 2. The molecule has 0 aromatic heterocycles. The molecular formula is C15H15ClFN3O. The van der Waals surface area contributed by atoms with Crippen LogP contribution in [0, 0.1) is 5.82 Å². The van der Waals surface area contributed by atoms with E-state index < -0.39 is 11.7 Å². The third-order valence-corrected chi connectivity index (χ3v) is 3.28. The lowest BCUT2D eigenvalue weighted by Crippen LogP contribution is -2.18. The molecule has 0 atom stereocenters. The number of rotatable bonds is 3. The molecule has 3 N–H and O–H groups in total. The zero-order valence-corrected chi connectivity index (χ0v) is 12.4. The normalized spacial score (nSPS) is 10.3. The minimum atomic E-state index is -0.624. The van der Waals surface area contributed by atoms with E-state index in [1.165, 1.54) is 18.2 Å². The summed E-state index contributed by atoms with van der Waals surface area (Å²) < 4.78 is 13.4. The average Bonchev–Trinajstić information content (AvgIpc) is 2.41. The van der Waals surface area contributed by atoms with Crippen LogP contribution in [0.2, 0.25) is 5.02 Å². The Labute approximate surface area is 127 Å². The highest BCUT2D eigenvalue weighted by Crippen LogP contribution is 2.33. The molecule has 2 aromatic carbocycles. The van der Waals surface area contributed by atoms with Crippen molar-refractivity contribution in [3.8, 4) is 0 Å². The van der Waals surface area contributed by atoms with Crippen molar-refractivity contribution in [3.05, 3.63) is 52.8 Å². The predicted octanol–water partition coefficient (Wildman–Crippen LogP) is 3.38. The van der Waals surface area contributed by atoms with E-state index in [2.05, 4.69) is 5.32 Å². The average molecular weight is 308 g/mol. The van der Waals surface area contributed by atoms with Crippen molar-refractivity contribution in [1.82, 2.24) is 0 Å². The van der Waals surface area contributed by atoms with E-state index >= 15 is 0 Å². The van der Waals surface area contributed by atoms with E-state index in [0.717, 1.165) is 0 Å². The van der Waals surface area contributed by atoms with E-state index in [1.54, 1.807) is 23.1 Å². The maximum absolute atomic E-state index is 13.4. The van der Waals surface area contributed by atoms with Crippen molar-refractivity contribution < 1.29 is 9.18 Å². The van der Waals surface area contributed by atoms with Gasteiger partial charge in [0.2, 0.25) is 0 Å². The van der Waals surface area contributed by atoms with Gasteiger partial charge in [-0.05, 0) is 24.3 Å². The summed E-state index contributed by atoms with van der Waals surface area (Å²) in [5.41, 5.74) is 6.70. The molecule has 0 aliphatic rings. The topological polar surface area (TPSA) is 58.4 Å². The third-order valence-electron chi connectivity index (χ3n) is 2.98. The molecule has 0 radical (unpaired) electrons. The van der Waals surface area contributed by atoms with Gasteiger partial charge < -0.3 is 16.0 Å². The summed E-state index contributed by atoms with van der Waals surface area (Å²) in [6, 6.07) is 9.27. The highest BCUT2D eigenvalue weighted by molar-refractivity contribution is 6.34. The van der Waals surface area contributed by atoms with Crippen LogP contribution in [0.4, 0.5) is 21.5 Å². The number of halogens is 2. The van der Waals surface area contributed by atoms with Crippen LogP contribution in [0.5, 0.6) is 0 Å². The summed E-state index contributed by atoms with van der Waals surface area (Å²) in [7, 11) is 3.63. The van der Waals surface area contributed by atoms with Gasteiger partial charge in [0, 0.05) is 14.1 Å².